The van der Waals surface area contributed by atoms with Crippen LogP contribution in [0.25, 0.3) is 6.08 Å². The molecular formula is C17H23NO. The second-order valence-electron chi connectivity index (χ2n) is 5.23. The van der Waals surface area contributed by atoms with Gasteiger partial charge in [0, 0.05) is 19.0 Å². The van der Waals surface area contributed by atoms with Crippen LogP contribution in [0.1, 0.15) is 38.2 Å². The van der Waals surface area contributed by atoms with Crippen LogP contribution in [0.5, 0.6) is 0 Å². The Balaban J connectivity index is 1.88. The Kier molecular flexibility index (Phi) is 5.20. The highest BCUT2D eigenvalue weighted by atomic mass is 16.2. The summed E-state index contributed by atoms with van der Waals surface area (Å²) in [5.74, 6) is 0.674. The minimum Gasteiger partial charge on any atom is -0.339 e. The Labute approximate surface area is 116 Å². The summed E-state index contributed by atoms with van der Waals surface area (Å²) in [5.41, 5.74) is 1.19. The zero-order valence-electron chi connectivity index (χ0n) is 11.7. The number of carbonyl (C=O) groups is 1. The molecule has 2 rings (SSSR count). The maximum Gasteiger partial charge on any atom is 0.225 e. The highest BCUT2D eigenvalue weighted by molar-refractivity contribution is 5.81. The topological polar surface area (TPSA) is 20.3 Å². The number of benzene rings is 1. The quantitative estimate of drug-likeness (QED) is 0.728. The van der Waals surface area contributed by atoms with E-state index in [1.54, 1.807) is 0 Å². The van der Waals surface area contributed by atoms with E-state index in [0.717, 1.165) is 38.8 Å². The number of carbonyl (C=O) groups excluding carboxylic acids is 1. The van der Waals surface area contributed by atoms with E-state index in [9.17, 15) is 4.79 Å². The molecule has 102 valence electrons. The highest BCUT2D eigenvalue weighted by Gasteiger charge is 2.32. The normalized spacial score (nSPS) is 14.8. The third-order valence-electron chi connectivity index (χ3n) is 3.46. The van der Waals surface area contributed by atoms with Gasteiger partial charge in [-0.2, -0.15) is 0 Å². The summed E-state index contributed by atoms with van der Waals surface area (Å²) in [5, 5.41) is 0. The van der Waals surface area contributed by atoms with Crippen molar-refractivity contribution >= 4 is 12.0 Å². The van der Waals surface area contributed by atoms with Crippen LogP contribution in [0.2, 0.25) is 0 Å². The van der Waals surface area contributed by atoms with Gasteiger partial charge >= 0.3 is 0 Å². The van der Waals surface area contributed by atoms with Crippen LogP contribution in [0.15, 0.2) is 36.4 Å². The van der Waals surface area contributed by atoms with E-state index in [0.29, 0.717) is 11.8 Å². The van der Waals surface area contributed by atoms with E-state index in [2.05, 4.69) is 31.2 Å². The molecule has 1 saturated carbocycles. The molecule has 0 aliphatic heterocycles. The van der Waals surface area contributed by atoms with Crippen LogP contribution >= 0.6 is 0 Å². The van der Waals surface area contributed by atoms with Gasteiger partial charge in [-0.25, -0.2) is 0 Å². The van der Waals surface area contributed by atoms with Gasteiger partial charge in [0.25, 0.3) is 0 Å². The first-order valence-corrected chi connectivity index (χ1v) is 7.31. The van der Waals surface area contributed by atoms with Crippen molar-refractivity contribution in [2.24, 2.45) is 5.92 Å². The molecule has 1 aliphatic carbocycles. The van der Waals surface area contributed by atoms with Crippen molar-refractivity contribution in [3.05, 3.63) is 42.0 Å². The second kappa shape index (κ2) is 7.13. The summed E-state index contributed by atoms with van der Waals surface area (Å²) in [6, 6.07) is 10.2. The molecule has 0 spiro atoms. The fourth-order valence-electron chi connectivity index (χ4n) is 2.11. The molecule has 1 amide bonds. The van der Waals surface area contributed by atoms with Crippen molar-refractivity contribution in [3.63, 3.8) is 0 Å². The smallest absolute Gasteiger partial charge is 0.225 e. The van der Waals surface area contributed by atoms with Gasteiger partial charge < -0.3 is 4.90 Å². The maximum absolute atomic E-state index is 12.1. The summed E-state index contributed by atoms with van der Waals surface area (Å²) < 4.78 is 0. The molecule has 2 nitrogen and oxygen atoms in total. The van der Waals surface area contributed by atoms with Crippen molar-refractivity contribution in [2.45, 2.75) is 32.6 Å². The predicted octanol–water partition coefficient (Wildman–Crippen LogP) is 3.74. The van der Waals surface area contributed by atoms with Gasteiger partial charge in [0.2, 0.25) is 5.91 Å². The molecule has 2 heteroatoms. The van der Waals surface area contributed by atoms with Crippen LogP contribution in [0.4, 0.5) is 0 Å². The Morgan fingerprint density at radius 2 is 2.05 bits per heavy atom. The van der Waals surface area contributed by atoms with Gasteiger partial charge in [-0.05, 0) is 24.8 Å². The van der Waals surface area contributed by atoms with Gasteiger partial charge in [0.05, 0.1) is 0 Å². The average molecular weight is 257 g/mol. The zero-order chi connectivity index (χ0) is 13.5. The summed E-state index contributed by atoms with van der Waals surface area (Å²) in [4.78, 5) is 14.2. The van der Waals surface area contributed by atoms with Crippen molar-refractivity contribution in [2.75, 3.05) is 13.1 Å². The Hall–Kier alpha value is -1.57. The van der Waals surface area contributed by atoms with Crippen LogP contribution in [0, 0.1) is 5.92 Å². The number of hydrogen-bond donors (Lipinski definition) is 0. The lowest BCUT2D eigenvalue weighted by Gasteiger charge is -2.20. The van der Waals surface area contributed by atoms with Crippen molar-refractivity contribution in [1.82, 2.24) is 4.90 Å². The number of unbranched alkanes of at least 4 members (excludes halogenated alkanes) is 1. The lowest BCUT2D eigenvalue weighted by atomic mass is 10.2. The molecule has 1 aromatic carbocycles. The SMILES string of the molecule is CCCCN(CC=Cc1ccccc1)C(=O)C1CC1. The molecule has 19 heavy (non-hydrogen) atoms. The lowest BCUT2D eigenvalue weighted by molar-refractivity contribution is -0.132. The molecule has 1 aliphatic rings. The predicted molar refractivity (Wildman–Crippen MR) is 79.7 cm³/mol. The van der Waals surface area contributed by atoms with Gasteiger partial charge in [-0.3, -0.25) is 4.79 Å². The van der Waals surface area contributed by atoms with Gasteiger partial charge in [-0.1, -0.05) is 55.8 Å². The van der Waals surface area contributed by atoms with E-state index in [4.69, 9.17) is 0 Å². The molecule has 1 aromatic rings. The van der Waals surface area contributed by atoms with E-state index >= 15 is 0 Å². The molecule has 0 atom stereocenters. The summed E-state index contributed by atoms with van der Waals surface area (Å²) in [6.45, 7) is 3.80. The molecule has 0 unspecified atom stereocenters. The van der Waals surface area contributed by atoms with Crippen molar-refractivity contribution in [3.8, 4) is 0 Å². The van der Waals surface area contributed by atoms with Crippen LogP contribution in [0.3, 0.4) is 0 Å². The molecule has 0 bridgehead atoms. The van der Waals surface area contributed by atoms with Crippen LogP contribution < -0.4 is 0 Å². The first-order chi connectivity index (χ1) is 9.31. The van der Waals surface area contributed by atoms with Crippen LogP contribution in [-0.4, -0.2) is 23.9 Å². The van der Waals surface area contributed by atoms with E-state index in [1.807, 2.05) is 23.1 Å². The third-order valence-corrected chi connectivity index (χ3v) is 3.46. The minimum atomic E-state index is 0.321. The molecular weight excluding hydrogens is 234 g/mol. The highest BCUT2D eigenvalue weighted by Crippen LogP contribution is 2.31. The molecule has 0 heterocycles. The Bertz CT molecular complexity index is 420. The summed E-state index contributed by atoms with van der Waals surface area (Å²) in [6.07, 6.45) is 8.60. The summed E-state index contributed by atoms with van der Waals surface area (Å²) >= 11 is 0. The number of amides is 1. The van der Waals surface area contributed by atoms with Crippen molar-refractivity contribution in [1.29, 1.82) is 0 Å². The Morgan fingerprint density at radius 1 is 1.32 bits per heavy atom. The van der Waals surface area contributed by atoms with E-state index in [1.165, 1.54) is 5.56 Å². The molecule has 1 fully saturated rings. The number of rotatable bonds is 7. The first-order valence-electron chi connectivity index (χ1n) is 7.31. The minimum absolute atomic E-state index is 0.321. The molecule has 0 saturated heterocycles. The average Bonchev–Trinajstić information content (AvgIpc) is 3.27. The first kappa shape index (κ1) is 13.9. The maximum atomic E-state index is 12.1. The van der Waals surface area contributed by atoms with Gasteiger partial charge in [0.1, 0.15) is 0 Å². The van der Waals surface area contributed by atoms with E-state index < -0.39 is 0 Å². The second-order valence-corrected chi connectivity index (χ2v) is 5.23. The monoisotopic (exact) mass is 257 g/mol. The number of hydrogen-bond acceptors (Lipinski definition) is 1. The lowest BCUT2D eigenvalue weighted by Crippen LogP contribution is -2.33. The van der Waals surface area contributed by atoms with Crippen LogP contribution in [-0.2, 0) is 4.79 Å². The molecule has 0 N–H and O–H groups in total. The molecule has 0 radical (unpaired) electrons. The van der Waals surface area contributed by atoms with Gasteiger partial charge in [-0.15, -0.1) is 0 Å². The van der Waals surface area contributed by atoms with E-state index in [-0.39, 0.29) is 0 Å². The zero-order valence-corrected chi connectivity index (χ0v) is 11.7. The van der Waals surface area contributed by atoms with Crippen molar-refractivity contribution < 1.29 is 4.79 Å². The Morgan fingerprint density at radius 3 is 2.68 bits per heavy atom. The number of nitrogens with zero attached hydrogens (tertiary/aromatic N) is 1. The fourth-order valence-corrected chi connectivity index (χ4v) is 2.11. The standard InChI is InChI=1S/C17H23NO/c1-2-3-13-18(17(19)16-11-12-16)14-7-10-15-8-5-4-6-9-15/h4-10,16H,2-3,11-14H2,1H3. The van der Waals surface area contributed by atoms with Gasteiger partial charge in [0.15, 0.2) is 0 Å². The largest absolute Gasteiger partial charge is 0.339 e. The fraction of sp³-hybridized carbons (Fsp3) is 0.471. The molecule has 0 aromatic heterocycles. The third kappa shape index (κ3) is 4.55. The summed E-state index contributed by atoms with van der Waals surface area (Å²) in [7, 11) is 0.